The summed E-state index contributed by atoms with van der Waals surface area (Å²) in [6.07, 6.45) is 2.66. The number of thiazole rings is 1. The molecule has 1 unspecified atom stereocenters. The molecule has 1 atom stereocenters. The van der Waals surface area contributed by atoms with E-state index in [9.17, 15) is 4.79 Å². The predicted octanol–water partition coefficient (Wildman–Crippen LogP) is 0.206. The molecule has 0 spiro atoms. The normalized spacial score (nSPS) is 22.5. The van der Waals surface area contributed by atoms with E-state index in [1.54, 1.807) is 17.5 Å². The molecule has 1 amide bonds. The standard InChI is InChI=1S/C14H18N6OS/c21-13(11-3-5-16-18-11)19-6-8-20(9-7-19)14-17-10-2-1-4-15-12(10)22-14/h1-2,4,11,16,18H,3,5-9H2. The molecule has 0 radical (unpaired) electrons. The molecule has 2 aliphatic heterocycles. The first-order valence-electron chi connectivity index (χ1n) is 7.55. The monoisotopic (exact) mass is 318 g/mol. The molecular weight excluding hydrogens is 300 g/mol. The maximum absolute atomic E-state index is 12.4. The number of carbonyl (C=O) groups excluding carboxylic acids is 1. The third-order valence-corrected chi connectivity index (χ3v) is 5.19. The minimum absolute atomic E-state index is 0.0711. The Morgan fingerprint density at radius 1 is 1.32 bits per heavy atom. The Labute approximate surface area is 132 Å². The number of nitrogens with one attached hydrogen (secondary N) is 2. The van der Waals surface area contributed by atoms with E-state index in [-0.39, 0.29) is 11.9 Å². The topological polar surface area (TPSA) is 73.4 Å². The van der Waals surface area contributed by atoms with Crippen molar-refractivity contribution in [3.63, 3.8) is 0 Å². The fraction of sp³-hybridized carbons (Fsp3) is 0.500. The van der Waals surface area contributed by atoms with Crippen LogP contribution in [0.3, 0.4) is 0 Å². The quantitative estimate of drug-likeness (QED) is 0.824. The van der Waals surface area contributed by atoms with Crippen molar-refractivity contribution in [2.45, 2.75) is 12.5 Å². The van der Waals surface area contributed by atoms with Crippen LogP contribution >= 0.6 is 11.3 Å². The highest BCUT2D eigenvalue weighted by Crippen LogP contribution is 2.27. The number of fused-ring (bicyclic) bond motifs is 1. The van der Waals surface area contributed by atoms with Crippen LogP contribution < -0.4 is 15.8 Å². The van der Waals surface area contributed by atoms with E-state index in [0.29, 0.717) is 0 Å². The second-order valence-corrected chi connectivity index (χ2v) is 6.50. The first-order valence-corrected chi connectivity index (χ1v) is 8.36. The molecule has 0 bridgehead atoms. The fourth-order valence-corrected chi connectivity index (χ4v) is 3.86. The average Bonchev–Trinajstić information content (AvgIpc) is 3.23. The molecule has 2 aromatic rings. The Kier molecular flexibility index (Phi) is 3.65. The van der Waals surface area contributed by atoms with Gasteiger partial charge in [-0.1, -0.05) is 11.3 Å². The van der Waals surface area contributed by atoms with Gasteiger partial charge in [0.1, 0.15) is 16.4 Å². The molecule has 4 rings (SSSR count). The smallest absolute Gasteiger partial charge is 0.241 e. The van der Waals surface area contributed by atoms with E-state index < -0.39 is 0 Å². The lowest BCUT2D eigenvalue weighted by atomic mass is 10.2. The Balaban J connectivity index is 1.41. The van der Waals surface area contributed by atoms with Gasteiger partial charge in [-0.2, -0.15) is 0 Å². The molecule has 4 heterocycles. The maximum atomic E-state index is 12.4. The molecule has 0 aromatic carbocycles. The summed E-state index contributed by atoms with van der Waals surface area (Å²) in [5.41, 5.74) is 7.01. The van der Waals surface area contributed by atoms with Crippen molar-refractivity contribution in [2.75, 3.05) is 37.6 Å². The van der Waals surface area contributed by atoms with Crippen LogP contribution in [0.15, 0.2) is 18.3 Å². The highest BCUT2D eigenvalue weighted by Gasteiger charge is 2.29. The number of piperazine rings is 1. The summed E-state index contributed by atoms with van der Waals surface area (Å²) in [5, 5.41) is 1.00. The molecule has 2 N–H and O–H groups in total. The Morgan fingerprint density at radius 3 is 2.91 bits per heavy atom. The molecule has 8 heteroatoms. The van der Waals surface area contributed by atoms with E-state index >= 15 is 0 Å². The van der Waals surface area contributed by atoms with Crippen LogP contribution in [0, 0.1) is 0 Å². The molecular formula is C14H18N6OS. The molecule has 0 aliphatic carbocycles. The van der Waals surface area contributed by atoms with Crippen molar-refractivity contribution < 1.29 is 4.79 Å². The second kappa shape index (κ2) is 5.79. The van der Waals surface area contributed by atoms with Crippen LogP contribution in [-0.2, 0) is 4.79 Å². The Bertz CT molecular complexity index is 642. The minimum atomic E-state index is -0.0711. The molecule has 7 nitrogen and oxygen atoms in total. The summed E-state index contributed by atoms with van der Waals surface area (Å²) in [4.78, 5) is 26.5. The predicted molar refractivity (Wildman–Crippen MR) is 85.8 cm³/mol. The largest absolute Gasteiger partial charge is 0.344 e. The van der Waals surface area contributed by atoms with Gasteiger partial charge in [-0.05, 0) is 18.6 Å². The molecule has 22 heavy (non-hydrogen) atoms. The third kappa shape index (κ3) is 2.53. The van der Waals surface area contributed by atoms with Crippen LogP contribution in [0.2, 0.25) is 0 Å². The van der Waals surface area contributed by atoms with E-state index in [4.69, 9.17) is 0 Å². The van der Waals surface area contributed by atoms with E-state index in [2.05, 4.69) is 25.7 Å². The van der Waals surface area contributed by atoms with Crippen molar-refractivity contribution in [3.8, 4) is 0 Å². The van der Waals surface area contributed by atoms with Crippen LogP contribution in [0.25, 0.3) is 10.3 Å². The van der Waals surface area contributed by atoms with Crippen LogP contribution in [0.4, 0.5) is 5.13 Å². The second-order valence-electron chi connectivity index (χ2n) is 5.55. The van der Waals surface area contributed by atoms with Crippen LogP contribution in [0.5, 0.6) is 0 Å². The third-order valence-electron chi connectivity index (χ3n) is 4.15. The summed E-state index contributed by atoms with van der Waals surface area (Å²) < 4.78 is 0. The average molecular weight is 318 g/mol. The number of anilines is 1. The van der Waals surface area contributed by atoms with Gasteiger partial charge in [0, 0.05) is 38.9 Å². The van der Waals surface area contributed by atoms with Gasteiger partial charge in [0.25, 0.3) is 0 Å². The molecule has 2 aromatic heterocycles. The van der Waals surface area contributed by atoms with Gasteiger partial charge in [-0.3, -0.25) is 10.2 Å². The lowest BCUT2D eigenvalue weighted by Crippen LogP contribution is -2.53. The number of aromatic nitrogens is 2. The lowest BCUT2D eigenvalue weighted by molar-refractivity contribution is -0.133. The van der Waals surface area contributed by atoms with Gasteiger partial charge in [0.15, 0.2) is 5.13 Å². The van der Waals surface area contributed by atoms with Crippen molar-refractivity contribution in [3.05, 3.63) is 18.3 Å². The van der Waals surface area contributed by atoms with Gasteiger partial charge in [0.2, 0.25) is 5.91 Å². The van der Waals surface area contributed by atoms with Crippen molar-refractivity contribution >= 4 is 32.7 Å². The van der Waals surface area contributed by atoms with E-state index in [1.165, 1.54) is 0 Å². The summed E-state index contributed by atoms with van der Waals surface area (Å²) in [7, 11) is 0. The summed E-state index contributed by atoms with van der Waals surface area (Å²) in [6, 6.07) is 3.82. The first kappa shape index (κ1) is 13.9. The molecule has 2 aliphatic rings. The number of hydrazine groups is 1. The van der Waals surface area contributed by atoms with Gasteiger partial charge in [0.05, 0.1) is 0 Å². The summed E-state index contributed by atoms with van der Waals surface area (Å²) in [5.74, 6) is 0.204. The van der Waals surface area contributed by atoms with Gasteiger partial charge in [-0.15, -0.1) is 0 Å². The number of hydrogen-bond acceptors (Lipinski definition) is 7. The number of pyridine rings is 1. The number of nitrogens with zero attached hydrogens (tertiary/aromatic N) is 4. The maximum Gasteiger partial charge on any atom is 0.241 e. The van der Waals surface area contributed by atoms with Crippen LogP contribution in [-0.4, -0.2) is 59.5 Å². The first-order chi connectivity index (χ1) is 10.8. The van der Waals surface area contributed by atoms with Gasteiger partial charge in [-0.25, -0.2) is 15.4 Å². The molecule has 2 saturated heterocycles. The zero-order valence-electron chi connectivity index (χ0n) is 12.2. The van der Waals surface area contributed by atoms with E-state index in [0.717, 1.165) is 54.6 Å². The fourth-order valence-electron chi connectivity index (χ4n) is 2.90. The van der Waals surface area contributed by atoms with Gasteiger partial charge >= 0.3 is 0 Å². The number of hydrogen-bond donors (Lipinski definition) is 2. The Morgan fingerprint density at radius 2 is 2.18 bits per heavy atom. The number of carbonyl (C=O) groups is 1. The zero-order valence-corrected chi connectivity index (χ0v) is 13.0. The van der Waals surface area contributed by atoms with Crippen molar-refractivity contribution in [1.82, 2.24) is 25.7 Å². The van der Waals surface area contributed by atoms with Crippen molar-refractivity contribution in [1.29, 1.82) is 0 Å². The SMILES string of the molecule is O=C(C1CCNN1)N1CCN(c2nc3cccnc3s2)CC1. The van der Waals surface area contributed by atoms with Gasteiger partial charge < -0.3 is 9.80 Å². The lowest BCUT2D eigenvalue weighted by Gasteiger charge is -2.35. The Hall–Kier alpha value is -1.77. The highest BCUT2D eigenvalue weighted by atomic mass is 32.1. The molecule has 0 saturated carbocycles. The van der Waals surface area contributed by atoms with Crippen molar-refractivity contribution in [2.24, 2.45) is 0 Å². The minimum Gasteiger partial charge on any atom is -0.344 e. The molecule has 116 valence electrons. The molecule has 2 fully saturated rings. The highest BCUT2D eigenvalue weighted by molar-refractivity contribution is 7.21. The van der Waals surface area contributed by atoms with Crippen LogP contribution in [0.1, 0.15) is 6.42 Å². The zero-order chi connectivity index (χ0) is 14.9. The summed E-state index contributed by atoms with van der Waals surface area (Å²) >= 11 is 1.62. The van der Waals surface area contributed by atoms with E-state index in [1.807, 2.05) is 17.0 Å². The summed E-state index contributed by atoms with van der Waals surface area (Å²) in [6.45, 7) is 4.01. The number of rotatable bonds is 2. The number of amides is 1.